The van der Waals surface area contributed by atoms with E-state index < -0.39 is 5.82 Å². The number of nitrogens with zero attached hydrogens (tertiary/aromatic N) is 3. The highest BCUT2D eigenvalue weighted by molar-refractivity contribution is 6.30. The molecule has 0 aliphatic carbocycles. The predicted molar refractivity (Wildman–Crippen MR) is 112 cm³/mol. The molecule has 0 bridgehead atoms. The van der Waals surface area contributed by atoms with Gasteiger partial charge in [-0.15, -0.1) is 0 Å². The minimum Gasteiger partial charge on any atom is -0.345 e. The number of imidazole rings is 1. The monoisotopic (exact) mass is 420 g/mol. The van der Waals surface area contributed by atoms with Gasteiger partial charge in [-0.3, -0.25) is 14.9 Å². The molecule has 0 fully saturated rings. The van der Waals surface area contributed by atoms with Crippen molar-refractivity contribution in [1.29, 1.82) is 0 Å². The number of fused-ring (bicyclic) bond motifs is 2. The molecular weight excluding hydrogens is 407 g/mol. The van der Waals surface area contributed by atoms with Gasteiger partial charge in [0, 0.05) is 29.9 Å². The first kappa shape index (κ1) is 18.3. The lowest BCUT2D eigenvalue weighted by Gasteiger charge is -2.04. The highest BCUT2D eigenvalue weighted by Crippen LogP contribution is 2.28. The van der Waals surface area contributed by atoms with E-state index >= 15 is 0 Å². The topological polar surface area (TPSA) is 99.3 Å². The second kappa shape index (κ2) is 7.23. The Morgan fingerprint density at radius 1 is 1.10 bits per heavy atom. The van der Waals surface area contributed by atoms with Gasteiger partial charge in [-0.2, -0.15) is 5.10 Å². The highest BCUT2D eigenvalue weighted by Gasteiger charge is 2.15. The Kier molecular flexibility index (Phi) is 4.40. The van der Waals surface area contributed by atoms with Crippen molar-refractivity contribution >= 4 is 39.4 Å². The molecule has 0 spiro atoms. The van der Waals surface area contributed by atoms with Crippen LogP contribution in [-0.2, 0) is 6.54 Å². The first-order valence-electron chi connectivity index (χ1n) is 9.09. The van der Waals surface area contributed by atoms with E-state index in [9.17, 15) is 9.18 Å². The molecule has 0 aliphatic heterocycles. The van der Waals surface area contributed by atoms with E-state index in [0.29, 0.717) is 16.6 Å². The fourth-order valence-corrected chi connectivity index (χ4v) is 3.48. The molecule has 0 aliphatic rings. The Bertz CT molecular complexity index is 1400. The molecule has 5 aromatic rings. The van der Waals surface area contributed by atoms with E-state index in [0.717, 1.165) is 22.2 Å². The predicted octanol–water partition coefficient (Wildman–Crippen LogP) is 4.22. The Morgan fingerprint density at radius 3 is 2.73 bits per heavy atom. The van der Waals surface area contributed by atoms with E-state index in [1.807, 2.05) is 24.3 Å². The van der Waals surface area contributed by atoms with Crippen molar-refractivity contribution in [1.82, 2.24) is 30.5 Å². The second-order valence-corrected chi connectivity index (χ2v) is 7.15. The van der Waals surface area contributed by atoms with Gasteiger partial charge in [-0.1, -0.05) is 17.7 Å². The average molecular weight is 421 g/mol. The van der Waals surface area contributed by atoms with Crippen LogP contribution in [0.2, 0.25) is 5.02 Å². The van der Waals surface area contributed by atoms with Crippen molar-refractivity contribution in [2.45, 2.75) is 6.54 Å². The number of carbonyl (C=O) groups is 1. The van der Waals surface area contributed by atoms with Gasteiger partial charge in [0.15, 0.2) is 5.82 Å². The fraction of sp³-hybridized carbons (Fsp3) is 0.0476. The molecule has 7 nitrogen and oxygen atoms in total. The second-order valence-electron chi connectivity index (χ2n) is 6.74. The number of aromatic nitrogens is 5. The number of benzene rings is 2. The van der Waals surface area contributed by atoms with E-state index in [1.165, 1.54) is 12.1 Å². The minimum absolute atomic E-state index is 0.0131. The number of nitrogens with one attached hydrogen (secondary N) is 3. The van der Waals surface area contributed by atoms with Gasteiger partial charge in [0.1, 0.15) is 11.5 Å². The number of pyridine rings is 1. The van der Waals surface area contributed by atoms with Crippen LogP contribution in [0.15, 0.2) is 54.9 Å². The summed E-state index contributed by atoms with van der Waals surface area (Å²) in [6.45, 7) is 0.201. The lowest BCUT2D eigenvalue weighted by molar-refractivity contribution is 0.0942. The number of halogens is 2. The third-order valence-corrected chi connectivity index (χ3v) is 5.06. The maximum atomic E-state index is 13.3. The van der Waals surface area contributed by atoms with Gasteiger partial charge in [0.05, 0.1) is 21.6 Å². The number of aromatic amines is 2. The van der Waals surface area contributed by atoms with Crippen molar-refractivity contribution in [3.63, 3.8) is 0 Å². The zero-order valence-corrected chi connectivity index (χ0v) is 16.2. The third kappa shape index (κ3) is 3.27. The zero-order valence-electron chi connectivity index (χ0n) is 15.4. The van der Waals surface area contributed by atoms with E-state index in [2.05, 4.69) is 30.5 Å². The number of rotatable bonds is 4. The van der Waals surface area contributed by atoms with Gasteiger partial charge in [0.25, 0.3) is 5.91 Å². The summed E-state index contributed by atoms with van der Waals surface area (Å²) in [5.74, 6) is -0.688. The molecule has 0 atom stereocenters. The fourth-order valence-electron chi connectivity index (χ4n) is 3.27. The molecule has 148 valence electrons. The summed E-state index contributed by atoms with van der Waals surface area (Å²) in [6.07, 6.45) is 3.42. The maximum absolute atomic E-state index is 13.3. The Morgan fingerprint density at radius 2 is 1.93 bits per heavy atom. The summed E-state index contributed by atoms with van der Waals surface area (Å²) >= 11 is 5.78. The number of hydrogen-bond donors (Lipinski definition) is 3. The molecule has 0 saturated carbocycles. The van der Waals surface area contributed by atoms with E-state index in [-0.39, 0.29) is 23.3 Å². The zero-order chi connectivity index (χ0) is 20.7. The van der Waals surface area contributed by atoms with Crippen molar-refractivity contribution < 1.29 is 9.18 Å². The van der Waals surface area contributed by atoms with Gasteiger partial charge in [-0.05, 0) is 42.0 Å². The molecule has 3 aromatic heterocycles. The molecule has 3 N–H and O–H groups in total. The number of H-pyrrole nitrogens is 2. The molecule has 1 amide bonds. The quantitative estimate of drug-likeness (QED) is 0.405. The van der Waals surface area contributed by atoms with Crippen LogP contribution in [0.4, 0.5) is 4.39 Å². The molecule has 30 heavy (non-hydrogen) atoms. The van der Waals surface area contributed by atoms with Crippen LogP contribution in [0.25, 0.3) is 33.2 Å². The normalized spacial score (nSPS) is 11.3. The van der Waals surface area contributed by atoms with E-state index in [1.54, 1.807) is 18.5 Å². The first-order valence-corrected chi connectivity index (χ1v) is 9.46. The molecule has 0 unspecified atom stereocenters. The maximum Gasteiger partial charge on any atom is 0.287 e. The SMILES string of the molecule is O=C(NCc1ccc(F)c(Cl)c1)c1nc2cc3c(-c4ccncc4)n[nH]c3cc2[nH]1. The molecule has 5 rings (SSSR count). The summed E-state index contributed by atoms with van der Waals surface area (Å²) in [7, 11) is 0. The summed E-state index contributed by atoms with van der Waals surface area (Å²) < 4.78 is 13.3. The van der Waals surface area contributed by atoms with Crippen LogP contribution in [0, 0.1) is 5.82 Å². The molecule has 2 aromatic carbocycles. The Labute approximate surface area is 174 Å². The first-order chi connectivity index (χ1) is 14.6. The van der Waals surface area contributed by atoms with E-state index in [4.69, 9.17) is 11.6 Å². The standard InChI is InChI=1S/C21H14ClFN6O/c22-14-7-11(1-2-15(14)23)10-25-21(30)20-26-17-8-13-16(9-18(17)27-20)28-29-19(13)12-3-5-24-6-4-12/h1-9H,10H2,(H,25,30)(H,26,27)(H,28,29). The van der Waals surface area contributed by atoms with Crippen LogP contribution >= 0.6 is 11.6 Å². The molecule has 3 heterocycles. The highest BCUT2D eigenvalue weighted by atomic mass is 35.5. The smallest absolute Gasteiger partial charge is 0.287 e. The van der Waals surface area contributed by atoms with Crippen LogP contribution in [0.5, 0.6) is 0 Å². The van der Waals surface area contributed by atoms with Crippen LogP contribution < -0.4 is 5.32 Å². The summed E-state index contributed by atoms with van der Waals surface area (Å²) in [5.41, 5.74) is 4.59. The van der Waals surface area contributed by atoms with Crippen LogP contribution in [0.1, 0.15) is 16.2 Å². The Hall–Kier alpha value is -3.78. The van der Waals surface area contributed by atoms with Crippen molar-refractivity contribution in [3.05, 3.63) is 77.1 Å². The van der Waals surface area contributed by atoms with Gasteiger partial charge < -0.3 is 10.3 Å². The lowest BCUT2D eigenvalue weighted by Crippen LogP contribution is -2.23. The Balaban J connectivity index is 1.42. The van der Waals surface area contributed by atoms with Crippen molar-refractivity contribution in [2.75, 3.05) is 0 Å². The number of hydrogen-bond acceptors (Lipinski definition) is 4. The number of carbonyl (C=O) groups excluding carboxylic acids is 1. The molecule has 0 saturated heterocycles. The van der Waals surface area contributed by atoms with Crippen molar-refractivity contribution in [3.8, 4) is 11.3 Å². The van der Waals surface area contributed by atoms with Gasteiger partial charge in [-0.25, -0.2) is 9.37 Å². The summed E-state index contributed by atoms with van der Waals surface area (Å²) in [5, 5.41) is 11.1. The minimum atomic E-state index is -0.500. The average Bonchev–Trinajstić information content (AvgIpc) is 3.36. The van der Waals surface area contributed by atoms with Crippen LogP contribution in [-0.4, -0.2) is 31.1 Å². The molecular formula is C21H14ClFN6O. The largest absolute Gasteiger partial charge is 0.345 e. The summed E-state index contributed by atoms with van der Waals surface area (Å²) in [6, 6.07) is 11.8. The van der Waals surface area contributed by atoms with Crippen molar-refractivity contribution in [2.24, 2.45) is 0 Å². The van der Waals surface area contributed by atoms with Gasteiger partial charge >= 0.3 is 0 Å². The summed E-state index contributed by atoms with van der Waals surface area (Å²) in [4.78, 5) is 24.0. The van der Waals surface area contributed by atoms with Crippen LogP contribution in [0.3, 0.4) is 0 Å². The molecule has 9 heteroatoms. The lowest BCUT2D eigenvalue weighted by atomic mass is 10.1. The molecule has 0 radical (unpaired) electrons. The van der Waals surface area contributed by atoms with Gasteiger partial charge in [0.2, 0.25) is 0 Å². The third-order valence-electron chi connectivity index (χ3n) is 4.77. The number of amides is 1.